The van der Waals surface area contributed by atoms with Crippen molar-refractivity contribution in [2.45, 2.75) is 31.4 Å². The van der Waals surface area contributed by atoms with Crippen molar-refractivity contribution in [1.82, 2.24) is 4.72 Å². The highest BCUT2D eigenvalue weighted by atomic mass is 32.2. The van der Waals surface area contributed by atoms with E-state index in [4.69, 9.17) is 5.26 Å². The average molecular weight is 280 g/mol. The van der Waals surface area contributed by atoms with Gasteiger partial charge in [-0.15, -0.1) is 0 Å². The van der Waals surface area contributed by atoms with Gasteiger partial charge in [-0.3, -0.25) is 0 Å². The summed E-state index contributed by atoms with van der Waals surface area (Å²) in [5.41, 5.74) is 1.80. The Morgan fingerprint density at radius 3 is 2.89 bits per heavy atom. The molecule has 0 bridgehead atoms. The molecule has 102 valence electrons. The molecule has 2 N–H and O–H groups in total. The zero-order valence-corrected chi connectivity index (χ0v) is 11.2. The first-order chi connectivity index (χ1) is 9.03. The van der Waals surface area contributed by atoms with E-state index in [0.29, 0.717) is 12.8 Å². The smallest absolute Gasteiger partial charge is 0.212 e. The number of rotatable bonds is 5. The van der Waals surface area contributed by atoms with Gasteiger partial charge >= 0.3 is 0 Å². The van der Waals surface area contributed by atoms with E-state index in [2.05, 4.69) is 4.72 Å². The second-order valence-corrected chi connectivity index (χ2v) is 6.52. The molecular formula is C13H16N2O3S. The van der Waals surface area contributed by atoms with Crippen LogP contribution in [-0.2, 0) is 16.4 Å². The van der Waals surface area contributed by atoms with Crippen LogP contribution >= 0.6 is 0 Å². The second-order valence-electron chi connectivity index (χ2n) is 4.65. The first-order valence-corrected chi connectivity index (χ1v) is 7.81. The summed E-state index contributed by atoms with van der Waals surface area (Å²) in [6.07, 6.45) is 0.242. The van der Waals surface area contributed by atoms with Crippen LogP contribution in [0.4, 0.5) is 0 Å². The molecule has 2 rings (SSSR count). The molecule has 0 spiro atoms. The van der Waals surface area contributed by atoms with Gasteiger partial charge in [0.25, 0.3) is 0 Å². The van der Waals surface area contributed by atoms with Gasteiger partial charge in [-0.1, -0.05) is 24.3 Å². The fraction of sp³-hybridized carbons (Fsp3) is 0.462. The molecule has 0 fully saturated rings. The van der Waals surface area contributed by atoms with Gasteiger partial charge in [0.05, 0.1) is 24.0 Å². The van der Waals surface area contributed by atoms with Gasteiger partial charge in [0.15, 0.2) is 0 Å². The third-order valence-corrected chi connectivity index (χ3v) is 4.65. The number of aliphatic hydroxyl groups excluding tert-OH is 1. The van der Waals surface area contributed by atoms with Crippen LogP contribution in [0.5, 0.6) is 0 Å². The summed E-state index contributed by atoms with van der Waals surface area (Å²) in [6, 6.07) is 8.75. The van der Waals surface area contributed by atoms with Gasteiger partial charge < -0.3 is 5.11 Å². The van der Waals surface area contributed by atoms with Crippen molar-refractivity contribution >= 4 is 10.0 Å². The van der Waals surface area contributed by atoms with Gasteiger partial charge in [0.1, 0.15) is 0 Å². The summed E-state index contributed by atoms with van der Waals surface area (Å²) in [6.45, 7) is 0. The van der Waals surface area contributed by atoms with E-state index in [1.54, 1.807) is 0 Å². The molecule has 19 heavy (non-hydrogen) atoms. The Morgan fingerprint density at radius 2 is 2.16 bits per heavy atom. The van der Waals surface area contributed by atoms with Crippen LogP contribution in [0, 0.1) is 11.3 Å². The molecule has 0 radical (unpaired) electrons. The number of fused-ring (bicyclic) bond motifs is 1. The van der Waals surface area contributed by atoms with E-state index in [1.807, 2.05) is 30.3 Å². The van der Waals surface area contributed by atoms with Crippen LogP contribution in [-0.4, -0.2) is 25.4 Å². The van der Waals surface area contributed by atoms with Crippen molar-refractivity contribution in [3.05, 3.63) is 35.4 Å². The molecule has 0 heterocycles. The van der Waals surface area contributed by atoms with Crippen molar-refractivity contribution in [3.8, 4) is 6.07 Å². The molecule has 5 nitrogen and oxygen atoms in total. The summed E-state index contributed by atoms with van der Waals surface area (Å²) < 4.78 is 26.3. The lowest BCUT2D eigenvalue weighted by molar-refractivity contribution is 0.151. The van der Waals surface area contributed by atoms with Crippen molar-refractivity contribution < 1.29 is 13.5 Å². The average Bonchev–Trinajstić information content (AvgIpc) is 2.66. The standard InChI is InChI=1S/C13H16N2O3S/c14-7-3-4-8-19(17,18)15-13-11-6-2-1-5-10(11)9-12(13)16/h1-2,5-6,12-13,15-16H,3-4,8-9H2. The Labute approximate surface area is 112 Å². The minimum atomic E-state index is -3.47. The number of nitrogens with zero attached hydrogens (tertiary/aromatic N) is 1. The predicted molar refractivity (Wildman–Crippen MR) is 70.7 cm³/mol. The van der Waals surface area contributed by atoms with Crippen LogP contribution in [0.2, 0.25) is 0 Å². The molecule has 0 aliphatic heterocycles. The molecule has 0 aromatic heterocycles. The summed E-state index contributed by atoms with van der Waals surface area (Å²) >= 11 is 0. The second kappa shape index (κ2) is 5.70. The fourth-order valence-corrected chi connectivity index (χ4v) is 3.62. The molecule has 1 aliphatic carbocycles. The number of sulfonamides is 1. The van der Waals surface area contributed by atoms with Gasteiger partial charge in [0, 0.05) is 12.8 Å². The van der Waals surface area contributed by atoms with Crippen LogP contribution in [0.3, 0.4) is 0 Å². The van der Waals surface area contributed by atoms with Crippen molar-refractivity contribution in [3.63, 3.8) is 0 Å². The zero-order chi connectivity index (χ0) is 13.9. The Bertz CT molecular complexity index is 592. The number of hydrogen-bond donors (Lipinski definition) is 2. The molecule has 6 heteroatoms. The highest BCUT2D eigenvalue weighted by Gasteiger charge is 2.33. The third-order valence-electron chi connectivity index (χ3n) is 3.21. The minimum Gasteiger partial charge on any atom is -0.391 e. The SMILES string of the molecule is N#CCCCS(=O)(=O)NC1c2ccccc2CC1O. The van der Waals surface area contributed by atoms with Gasteiger partial charge in [0.2, 0.25) is 10.0 Å². The number of unbranched alkanes of at least 4 members (excludes halogenated alkanes) is 1. The number of hydrogen-bond acceptors (Lipinski definition) is 4. The molecule has 1 aromatic rings. The summed E-state index contributed by atoms with van der Waals surface area (Å²) in [5, 5.41) is 18.4. The third kappa shape index (κ3) is 3.32. The number of benzene rings is 1. The van der Waals surface area contributed by atoms with Gasteiger partial charge in [-0.05, 0) is 17.5 Å². The van der Waals surface area contributed by atoms with Crippen molar-refractivity contribution in [2.75, 3.05) is 5.75 Å². The molecule has 0 saturated carbocycles. The molecule has 2 unspecified atom stereocenters. The lowest BCUT2D eigenvalue weighted by Gasteiger charge is -2.17. The number of nitriles is 1. The Morgan fingerprint density at radius 1 is 1.42 bits per heavy atom. The van der Waals surface area contributed by atoms with E-state index in [9.17, 15) is 13.5 Å². The largest absolute Gasteiger partial charge is 0.391 e. The highest BCUT2D eigenvalue weighted by molar-refractivity contribution is 7.89. The summed E-state index contributed by atoms with van der Waals surface area (Å²) in [5.74, 6) is -0.0913. The quantitative estimate of drug-likeness (QED) is 0.783. The first kappa shape index (κ1) is 14.0. The Balaban J connectivity index is 2.09. The topological polar surface area (TPSA) is 90.2 Å². The molecule has 1 aromatic carbocycles. The maximum Gasteiger partial charge on any atom is 0.212 e. The fourth-order valence-electron chi connectivity index (χ4n) is 2.31. The lowest BCUT2D eigenvalue weighted by Crippen LogP contribution is -2.35. The first-order valence-electron chi connectivity index (χ1n) is 6.16. The summed E-state index contributed by atoms with van der Waals surface area (Å²) in [4.78, 5) is 0. The number of nitrogens with one attached hydrogen (secondary N) is 1. The Kier molecular flexibility index (Phi) is 4.20. The van der Waals surface area contributed by atoms with E-state index in [-0.39, 0.29) is 12.2 Å². The zero-order valence-electron chi connectivity index (χ0n) is 10.4. The maximum absolute atomic E-state index is 11.9. The van der Waals surface area contributed by atoms with Gasteiger partial charge in [-0.25, -0.2) is 13.1 Å². The van der Waals surface area contributed by atoms with Crippen LogP contribution in [0.25, 0.3) is 0 Å². The van der Waals surface area contributed by atoms with Crippen LogP contribution in [0.1, 0.15) is 30.0 Å². The summed E-state index contributed by atoms with van der Waals surface area (Å²) in [7, 11) is -3.47. The van der Waals surface area contributed by atoms with Crippen molar-refractivity contribution in [1.29, 1.82) is 5.26 Å². The Hall–Kier alpha value is -1.42. The van der Waals surface area contributed by atoms with Gasteiger partial charge in [-0.2, -0.15) is 5.26 Å². The minimum absolute atomic E-state index is 0.0913. The number of aliphatic hydroxyl groups is 1. The monoisotopic (exact) mass is 280 g/mol. The highest BCUT2D eigenvalue weighted by Crippen LogP contribution is 2.31. The molecule has 0 saturated heterocycles. The molecule has 1 aliphatic rings. The molecule has 2 atom stereocenters. The van der Waals surface area contributed by atoms with E-state index >= 15 is 0 Å². The van der Waals surface area contributed by atoms with Crippen LogP contribution in [0.15, 0.2) is 24.3 Å². The molecular weight excluding hydrogens is 264 g/mol. The molecule has 0 amide bonds. The lowest BCUT2D eigenvalue weighted by atomic mass is 10.1. The van der Waals surface area contributed by atoms with E-state index in [0.717, 1.165) is 11.1 Å². The van der Waals surface area contributed by atoms with E-state index < -0.39 is 22.2 Å². The normalized spacial score (nSPS) is 21.9. The van der Waals surface area contributed by atoms with E-state index in [1.165, 1.54) is 0 Å². The predicted octanol–water partition coefficient (Wildman–Crippen LogP) is 0.868. The van der Waals surface area contributed by atoms with Crippen molar-refractivity contribution in [2.24, 2.45) is 0 Å². The van der Waals surface area contributed by atoms with Crippen LogP contribution < -0.4 is 4.72 Å². The maximum atomic E-state index is 11.9.